The molecule has 1 aromatic rings. The number of alkyl halides is 2. The van der Waals surface area contributed by atoms with Crippen molar-refractivity contribution in [1.29, 1.82) is 5.26 Å². The van der Waals surface area contributed by atoms with Crippen LogP contribution in [0, 0.1) is 11.3 Å². The zero-order chi connectivity index (χ0) is 13.2. The molecule has 3 nitrogen and oxygen atoms in total. The molecule has 18 heavy (non-hydrogen) atoms. The fourth-order valence-corrected chi connectivity index (χ4v) is 1.90. The lowest BCUT2D eigenvalue weighted by molar-refractivity contribution is -0.0901. The summed E-state index contributed by atoms with van der Waals surface area (Å²) in [5.41, 5.74) is 1.25. The lowest BCUT2D eigenvalue weighted by Gasteiger charge is -2.35. The molecule has 1 aliphatic rings. The van der Waals surface area contributed by atoms with Crippen molar-refractivity contribution in [2.24, 2.45) is 0 Å². The fraction of sp³-hybridized carbons (Fsp3) is 0.385. The van der Waals surface area contributed by atoms with Crippen molar-refractivity contribution in [3.63, 3.8) is 0 Å². The van der Waals surface area contributed by atoms with E-state index >= 15 is 0 Å². The van der Waals surface area contributed by atoms with Gasteiger partial charge in [-0.25, -0.2) is 8.78 Å². The van der Waals surface area contributed by atoms with Crippen molar-refractivity contribution in [2.75, 3.05) is 0 Å². The fourth-order valence-electron chi connectivity index (χ4n) is 1.90. The minimum Gasteiger partial charge on any atom is -0.349 e. The summed E-state index contributed by atoms with van der Waals surface area (Å²) in [5.74, 6) is -2.98. The van der Waals surface area contributed by atoms with Crippen LogP contribution in [0.5, 0.6) is 0 Å². The lowest BCUT2D eigenvalue weighted by atomic mass is 9.88. The van der Waals surface area contributed by atoms with Crippen molar-refractivity contribution in [1.82, 2.24) is 5.32 Å². The Hall–Kier alpha value is -1.96. The van der Waals surface area contributed by atoms with Crippen LogP contribution in [-0.4, -0.2) is 17.9 Å². The molecular weight excluding hydrogens is 238 g/mol. The number of amides is 1. The predicted molar refractivity (Wildman–Crippen MR) is 61.2 cm³/mol. The van der Waals surface area contributed by atoms with Gasteiger partial charge in [0.1, 0.15) is 0 Å². The van der Waals surface area contributed by atoms with Crippen LogP contribution < -0.4 is 5.32 Å². The average molecular weight is 250 g/mol. The molecule has 1 amide bonds. The summed E-state index contributed by atoms with van der Waals surface area (Å²) < 4.78 is 25.2. The number of nitrogens with one attached hydrogen (secondary N) is 1. The number of carbonyl (C=O) groups excluding carboxylic acids is 1. The van der Waals surface area contributed by atoms with E-state index in [0.29, 0.717) is 5.56 Å². The summed E-state index contributed by atoms with van der Waals surface area (Å²) in [4.78, 5) is 11.7. The number of halogens is 2. The monoisotopic (exact) mass is 250 g/mol. The van der Waals surface area contributed by atoms with Crippen LogP contribution in [0.3, 0.4) is 0 Å². The van der Waals surface area contributed by atoms with Gasteiger partial charge in [0.25, 0.3) is 11.8 Å². The summed E-state index contributed by atoms with van der Waals surface area (Å²) in [7, 11) is 0. The van der Waals surface area contributed by atoms with Crippen LogP contribution in [-0.2, 0) is 6.42 Å². The van der Waals surface area contributed by atoms with E-state index in [1.165, 1.54) is 0 Å². The van der Waals surface area contributed by atoms with Gasteiger partial charge in [-0.1, -0.05) is 12.1 Å². The Balaban J connectivity index is 1.92. The normalized spacial score (nSPS) is 17.6. The second-order valence-electron chi connectivity index (χ2n) is 4.47. The highest BCUT2D eigenvalue weighted by Crippen LogP contribution is 2.37. The third kappa shape index (κ3) is 2.83. The number of nitrogens with zero attached hydrogens (tertiary/aromatic N) is 1. The van der Waals surface area contributed by atoms with E-state index in [0.717, 1.165) is 5.56 Å². The smallest absolute Gasteiger partial charge is 0.252 e. The molecule has 0 heterocycles. The Morgan fingerprint density at radius 2 is 2.00 bits per heavy atom. The van der Waals surface area contributed by atoms with E-state index in [1.807, 2.05) is 6.07 Å². The number of carbonyl (C=O) groups is 1. The van der Waals surface area contributed by atoms with Crippen LogP contribution in [0.25, 0.3) is 0 Å². The van der Waals surface area contributed by atoms with Gasteiger partial charge in [0.2, 0.25) is 0 Å². The van der Waals surface area contributed by atoms with Crippen LogP contribution >= 0.6 is 0 Å². The van der Waals surface area contributed by atoms with E-state index in [4.69, 9.17) is 5.26 Å². The van der Waals surface area contributed by atoms with Crippen LogP contribution in [0.4, 0.5) is 8.78 Å². The molecule has 5 heteroatoms. The summed E-state index contributed by atoms with van der Waals surface area (Å²) in [5, 5.41) is 11.1. The number of benzene rings is 1. The molecule has 0 atom stereocenters. The number of nitriles is 1. The molecule has 1 saturated carbocycles. The summed E-state index contributed by atoms with van der Waals surface area (Å²) in [6.07, 6.45) is -0.284. The second kappa shape index (κ2) is 4.73. The Bertz CT molecular complexity index is 483. The van der Waals surface area contributed by atoms with Crippen LogP contribution in [0.15, 0.2) is 24.3 Å². The van der Waals surface area contributed by atoms with Gasteiger partial charge in [-0.2, -0.15) is 5.26 Å². The van der Waals surface area contributed by atoms with Gasteiger partial charge in [-0.05, 0) is 17.7 Å². The third-order valence-electron chi connectivity index (χ3n) is 2.92. The van der Waals surface area contributed by atoms with Crippen molar-refractivity contribution in [3.05, 3.63) is 35.4 Å². The molecule has 0 aliphatic heterocycles. The van der Waals surface area contributed by atoms with Crippen molar-refractivity contribution >= 4 is 5.91 Å². The zero-order valence-electron chi connectivity index (χ0n) is 9.62. The first-order chi connectivity index (χ1) is 8.50. The average Bonchev–Trinajstić information content (AvgIpc) is 2.28. The molecule has 1 N–H and O–H groups in total. The Morgan fingerprint density at radius 1 is 1.39 bits per heavy atom. The molecule has 2 rings (SSSR count). The van der Waals surface area contributed by atoms with Crippen molar-refractivity contribution in [2.45, 2.75) is 31.2 Å². The highest BCUT2D eigenvalue weighted by molar-refractivity contribution is 5.94. The molecule has 94 valence electrons. The first-order valence-electron chi connectivity index (χ1n) is 5.65. The van der Waals surface area contributed by atoms with Crippen LogP contribution in [0.1, 0.15) is 28.8 Å². The third-order valence-corrected chi connectivity index (χ3v) is 2.92. The molecule has 1 fully saturated rings. The predicted octanol–water partition coefficient (Wildman–Crippen LogP) is 2.28. The Kier molecular flexibility index (Phi) is 3.28. The molecule has 0 unspecified atom stereocenters. The molecule has 0 bridgehead atoms. The van der Waals surface area contributed by atoms with Gasteiger partial charge < -0.3 is 5.32 Å². The SMILES string of the molecule is N#CCc1ccc(C(=O)NC2CC(F)(F)C2)cc1. The van der Waals surface area contributed by atoms with E-state index in [-0.39, 0.29) is 25.2 Å². The maximum atomic E-state index is 12.6. The number of hydrogen-bond donors (Lipinski definition) is 1. The highest BCUT2D eigenvalue weighted by atomic mass is 19.3. The van der Waals surface area contributed by atoms with Gasteiger partial charge in [0.05, 0.1) is 12.5 Å². The van der Waals surface area contributed by atoms with E-state index in [1.54, 1.807) is 24.3 Å². The summed E-state index contributed by atoms with van der Waals surface area (Å²) in [6, 6.07) is 8.14. The Morgan fingerprint density at radius 3 is 2.50 bits per heavy atom. The maximum absolute atomic E-state index is 12.6. The number of rotatable bonds is 3. The first kappa shape index (κ1) is 12.5. The molecule has 0 aromatic heterocycles. The number of hydrogen-bond acceptors (Lipinski definition) is 2. The largest absolute Gasteiger partial charge is 0.349 e. The zero-order valence-corrected chi connectivity index (χ0v) is 9.62. The molecule has 1 aromatic carbocycles. The van der Waals surface area contributed by atoms with Crippen molar-refractivity contribution in [3.8, 4) is 6.07 Å². The standard InChI is InChI=1S/C13H12F2N2O/c14-13(15)7-11(8-13)17-12(18)10-3-1-9(2-4-10)5-6-16/h1-4,11H,5,7-8H2,(H,17,18). The molecule has 0 radical (unpaired) electrons. The molecule has 1 aliphatic carbocycles. The maximum Gasteiger partial charge on any atom is 0.252 e. The topological polar surface area (TPSA) is 52.9 Å². The van der Waals surface area contributed by atoms with Crippen molar-refractivity contribution < 1.29 is 13.6 Å². The van der Waals surface area contributed by atoms with E-state index < -0.39 is 12.0 Å². The quantitative estimate of drug-likeness (QED) is 0.894. The summed E-state index contributed by atoms with van der Waals surface area (Å²) >= 11 is 0. The van der Waals surface area contributed by atoms with Crippen LogP contribution in [0.2, 0.25) is 0 Å². The van der Waals surface area contributed by atoms with Gasteiger partial charge in [0, 0.05) is 24.4 Å². The molecular formula is C13H12F2N2O. The first-order valence-corrected chi connectivity index (χ1v) is 5.65. The van der Waals surface area contributed by atoms with E-state index in [9.17, 15) is 13.6 Å². The lowest BCUT2D eigenvalue weighted by Crippen LogP contribution is -2.50. The van der Waals surface area contributed by atoms with Gasteiger partial charge >= 0.3 is 0 Å². The van der Waals surface area contributed by atoms with E-state index in [2.05, 4.69) is 5.32 Å². The summed E-state index contributed by atoms with van der Waals surface area (Å²) in [6.45, 7) is 0. The highest BCUT2D eigenvalue weighted by Gasteiger charge is 2.45. The molecule has 0 spiro atoms. The van der Waals surface area contributed by atoms with Gasteiger partial charge in [-0.15, -0.1) is 0 Å². The minimum atomic E-state index is -2.63. The van der Waals surface area contributed by atoms with Gasteiger partial charge in [0.15, 0.2) is 0 Å². The molecule has 0 saturated heterocycles. The second-order valence-corrected chi connectivity index (χ2v) is 4.47. The van der Waals surface area contributed by atoms with Gasteiger partial charge in [-0.3, -0.25) is 4.79 Å². The minimum absolute atomic E-state index is 0.286. The Labute approximate surface area is 103 Å².